The Balaban J connectivity index is 1.93. The van der Waals surface area contributed by atoms with Crippen LogP contribution in [0.4, 0.5) is 0 Å². The third-order valence-corrected chi connectivity index (χ3v) is 5.88. The summed E-state index contributed by atoms with van der Waals surface area (Å²) in [5.74, 6) is -1.96. The van der Waals surface area contributed by atoms with Gasteiger partial charge in [0.1, 0.15) is 0 Å². The van der Waals surface area contributed by atoms with E-state index in [9.17, 15) is 23.1 Å². The lowest BCUT2D eigenvalue weighted by atomic mass is 9.80. The Hall–Kier alpha value is -1.15. The SMILES string of the molecule is O=C(NCC1(C(=O)O)CCOCC1)C1CCS(=O)(=O)C1. The third kappa shape index (κ3) is 3.29. The average Bonchev–Trinajstić information content (AvgIpc) is 2.77. The van der Waals surface area contributed by atoms with Gasteiger partial charge in [-0.3, -0.25) is 9.59 Å². The third-order valence-electron chi connectivity index (χ3n) is 4.11. The van der Waals surface area contributed by atoms with Gasteiger partial charge in [-0.15, -0.1) is 0 Å². The highest BCUT2D eigenvalue weighted by Crippen LogP contribution is 2.30. The Kier molecular flexibility index (Phi) is 4.33. The summed E-state index contributed by atoms with van der Waals surface area (Å²) in [6.45, 7) is 0.751. The highest BCUT2D eigenvalue weighted by atomic mass is 32.2. The first kappa shape index (κ1) is 15.2. The number of sulfone groups is 1. The lowest BCUT2D eigenvalue weighted by molar-refractivity contribution is -0.154. The summed E-state index contributed by atoms with van der Waals surface area (Å²) in [6, 6.07) is 0. The highest BCUT2D eigenvalue weighted by Gasteiger charge is 2.41. The number of carbonyl (C=O) groups is 2. The zero-order chi connectivity index (χ0) is 14.8. The zero-order valence-electron chi connectivity index (χ0n) is 11.1. The average molecular weight is 305 g/mol. The van der Waals surface area contributed by atoms with Gasteiger partial charge in [-0.05, 0) is 19.3 Å². The van der Waals surface area contributed by atoms with Crippen LogP contribution < -0.4 is 5.32 Å². The standard InChI is InChI=1S/C12H19NO6S/c14-10(9-1-6-20(17,18)7-9)13-8-12(11(15)16)2-4-19-5-3-12/h9H,1-8H2,(H,13,14)(H,15,16). The van der Waals surface area contributed by atoms with Crippen molar-refractivity contribution in [1.29, 1.82) is 0 Å². The van der Waals surface area contributed by atoms with Crippen molar-refractivity contribution in [2.24, 2.45) is 11.3 Å². The van der Waals surface area contributed by atoms with Crippen molar-refractivity contribution in [2.75, 3.05) is 31.3 Å². The fourth-order valence-corrected chi connectivity index (χ4v) is 4.37. The lowest BCUT2D eigenvalue weighted by Gasteiger charge is -2.33. The Labute approximate surface area is 117 Å². The van der Waals surface area contributed by atoms with Crippen LogP contribution in [0.5, 0.6) is 0 Å². The molecular formula is C12H19NO6S. The fourth-order valence-electron chi connectivity index (χ4n) is 2.63. The maximum atomic E-state index is 11.9. The second-order valence-corrected chi connectivity index (χ2v) is 7.74. The van der Waals surface area contributed by atoms with Crippen LogP contribution in [0.2, 0.25) is 0 Å². The number of carboxylic acids is 1. The lowest BCUT2D eigenvalue weighted by Crippen LogP contribution is -2.47. The molecule has 1 amide bonds. The minimum atomic E-state index is -3.11. The molecule has 0 aromatic rings. The number of carboxylic acid groups (broad SMARTS) is 1. The first-order valence-corrected chi connectivity index (χ1v) is 8.46. The van der Waals surface area contributed by atoms with Gasteiger partial charge < -0.3 is 15.2 Å². The molecule has 2 saturated heterocycles. The van der Waals surface area contributed by atoms with E-state index >= 15 is 0 Å². The summed E-state index contributed by atoms with van der Waals surface area (Å²) < 4.78 is 27.8. The van der Waals surface area contributed by atoms with E-state index in [1.54, 1.807) is 0 Å². The number of rotatable bonds is 4. The van der Waals surface area contributed by atoms with Gasteiger partial charge in [0, 0.05) is 19.8 Å². The van der Waals surface area contributed by atoms with Crippen LogP contribution in [0, 0.1) is 11.3 Å². The smallest absolute Gasteiger partial charge is 0.311 e. The summed E-state index contributed by atoms with van der Waals surface area (Å²) in [5.41, 5.74) is -0.995. The van der Waals surface area contributed by atoms with E-state index < -0.39 is 27.1 Å². The van der Waals surface area contributed by atoms with Crippen LogP contribution in [0.15, 0.2) is 0 Å². The first-order chi connectivity index (χ1) is 9.35. The molecule has 0 aromatic heterocycles. The van der Waals surface area contributed by atoms with Crippen LogP contribution in [-0.2, 0) is 24.2 Å². The monoisotopic (exact) mass is 305 g/mol. The molecule has 7 nitrogen and oxygen atoms in total. The van der Waals surface area contributed by atoms with Gasteiger partial charge in [0.25, 0.3) is 0 Å². The summed E-state index contributed by atoms with van der Waals surface area (Å²) >= 11 is 0. The molecule has 0 aromatic carbocycles. The van der Waals surface area contributed by atoms with E-state index in [0.29, 0.717) is 32.5 Å². The highest BCUT2D eigenvalue weighted by molar-refractivity contribution is 7.91. The molecule has 114 valence electrons. The molecule has 2 aliphatic heterocycles. The second-order valence-electron chi connectivity index (χ2n) is 5.52. The van der Waals surface area contributed by atoms with Gasteiger partial charge in [-0.1, -0.05) is 0 Å². The number of hydrogen-bond donors (Lipinski definition) is 2. The summed E-state index contributed by atoms with van der Waals surface area (Å²) in [5, 5.41) is 12.0. The van der Waals surface area contributed by atoms with Crippen LogP contribution in [-0.4, -0.2) is 56.7 Å². The zero-order valence-corrected chi connectivity index (χ0v) is 11.9. The maximum absolute atomic E-state index is 11.9. The Morgan fingerprint density at radius 3 is 2.45 bits per heavy atom. The van der Waals surface area contributed by atoms with Gasteiger partial charge in [0.15, 0.2) is 9.84 Å². The van der Waals surface area contributed by atoms with Gasteiger partial charge in [-0.25, -0.2) is 8.42 Å². The van der Waals surface area contributed by atoms with Crippen molar-refractivity contribution in [3.05, 3.63) is 0 Å². The van der Waals surface area contributed by atoms with Crippen molar-refractivity contribution in [1.82, 2.24) is 5.32 Å². The number of hydrogen-bond acceptors (Lipinski definition) is 5. The predicted octanol–water partition coefficient (Wildman–Crippen LogP) is -0.581. The number of aliphatic carboxylic acids is 1. The van der Waals surface area contributed by atoms with Crippen LogP contribution in [0.3, 0.4) is 0 Å². The Morgan fingerprint density at radius 1 is 1.30 bits per heavy atom. The van der Waals surface area contributed by atoms with E-state index in [-0.39, 0.29) is 24.0 Å². The molecule has 2 rings (SSSR count). The minimum Gasteiger partial charge on any atom is -0.481 e. The molecule has 1 unspecified atom stereocenters. The van der Waals surface area contributed by atoms with E-state index in [0.717, 1.165) is 0 Å². The van der Waals surface area contributed by atoms with E-state index in [1.165, 1.54) is 0 Å². The molecule has 0 aliphatic carbocycles. The van der Waals surface area contributed by atoms with Crippen LogP contribution in [0.1, 0.15) is 19.3 Å². The molecule has 0 radical (unpaired) electrons. The Morgan fingerprint density at radius 2 is 1.95 bits per heavy atom. The largest absolute Gasteiger partial charge is 0.481 e. The van der Waals surface area contributed by atoms with Crippen molar-refractivity contribution >= 4 is 21.7 Å². The van der Waals surface area contributed by atoms with Gasteiger partial charge >= 0.3 is 5.97 Å². The minimum absolute atomic E-state index is 0.0288. The van der Waals surface area contributed by atoms with Crippen molar-refractivity contribution < 1.29 is 27.9 Å². The van der Waals surface area contributed by atoms with Gasteiger partial charge in [0.2, 0.25) is 5.91 Å². The van der Waals surface area contributed by atoms with E-state index in [1.807, 2.05) is 0 Å². The number of nitrogens with one attached hydrogen (secondary N) is 1. The summed E-state index contributed by atoms with van der Waals surface area (Å²) in [6.07, 6.45) is 1.02. The molecule has 0 saturated carbocycles. The molecule has 2 heterocycles. The summed E-state index contributed by atoms with van der Waals surface area (Å²) in [4.78, 5) is 23.4. The van der Waals surface area contributed by atoms with Gasteiger partial charge in [-0.2, -0.15) is 0 Å². The van der Waals surface area contributed by atoms with Crippen LogP contribution in [0.25, 0.3) is 0 Å². The number of amides is 1. The molecular weight excluding hydrogens is 286 g/mol. The van der Waals surface area contributed by atoms with Crippen LogP contribution >= 0.6 is 0 Å². The van der Waals surface area contributed by atoms with Gasteiger partial charge in [0.05, 0.1) is 22.8 Å². The molecule has 2 aliphatic rings. The molecule has 0 bridgehead atoms. The quantitative estimate of drug-likeness (QED) is 0.719. The normalized spacial score (nSPS) is 27.9. The maximum Gasteiger partial charge on any atom is 0.311 e. The fraction of sp³-hybridized carbons (Fsp3) is 0.833. The topological polar surface area (TPSA) is 110 Å². The molecule has 20 heavy (non-hydrogen) atoms. The van der Waals surface area contributed by atoms with E-state index in [2.05, 4.69) is 5.32 Å². The molecule has 8 heteroatoms. The predicted molar refractivity (Wildman–Crippen MR) is 69.9 cm³/mol. The van der Waals surface area contributed by atoms with Crippen molar-refractivity contribution in [3.8, 4) is 0 Å². The Bertz CT molecular complexity index is 494. The molecule has 0 spiro atoms. The first-order valence-electron chi connectivity index (χ1n) is 6.64. The second kappa shape index (κ2) is 5.69. The summed E-state index contributed by atoms with van der Waals surface area (Å²) in [7, 11) is -3.11. The molecule has 1 atom stereocenters. The molecule has 2 N–H and O–H groups in total. The number of ether oxygens (including phenoxy) is 1. The van der Waals surface area contributed by atoms with E-state index in [4.69, 9.17) is 4.74 Å². The molecule has 2 fully saturated rings. The van der Waals surface area contributed by atoms with Crippen molar-refractivity contribution in [2.45, 2.75) is 19.3 Å². The van der Waals surface area contributed by atoms with Crippen molar-refractivity contribution in [3.63, 3.8) is 0 Å². The number of carbonyl (C=O) groups excluding carboxylic acids is 1.